The molecule has 0 aromatic heterocycles. The van der Waals surface area contributed by atoms with Crippen LogP contribution in [0.3, 0.4) is 0 Å². The molecule has 1 N–H and O–H groups in total. The van der Waals surface area contributed by atoms with Gasteiger partial charge in [-0.3, -0.25) is 4.55 Å². The number of hydrogen-bond acceptors (Lipinski definition) is 2. The normalized spacial score (nSPS) is 12.9. The van der Waals surface area contributed by atoms with Crippen LogP contribution in [0.4, 0.5) is 4.39 Å². The molecule has 15 heavy (non-hydrogen) atoms. The summed E-state index contributed by atoms with van der Waals surface area (Å²) in [4.78, 5) is -0.304. The van der Waals surface area contributed by atoms with Crippen molar-refractivity contribution in [3.05, 3.63) is 24.0 Å². The lowest BCUT2D eigenvalue weighted by Gasteiger charge is -2.20. The highest BCUT2D eigenvalue weighted by Crippen LogP contribution is 2.14. The van der Waals surface area contributed by atoms with Gasteiger partial charge in [0.15, 0.2) is 0 Å². The fourth-order valence-corrected chi connectivity index (χ4v) is 4.98. The van der Waals surface area contributed by atoms with Gasteiger partial charge in [-0.25, -0.2) is 4.39 Å². The minimum Gasteiger partial charge on any atom is -0.282 e. The molecule has 1 rings (SSSR count). The summed E-state index contributed by atoms with van der Waals surface area (Å²) in [5.74, 6) is -0.565. The Kier molecular flexibility index (Phi) is 3.04. The van der Waals surface area contributed by atoms with Gasteiger partial charge in [0, 0.05) is 0 Å². The molecule has 0 aliphatic rings. The zero-order valence-electron chi connectivity index (χ0n) is 8.78. The molecule has 0 heterocycles. The maximum atomic E-state index is 13.5. The molecule has 0 unspecified atom stereocenters. The van der Waals surface area contributed by atoms with Crippen LogP contribution in [0.2, 0.25) is 19.6 Å². The van der Waals surface area contributed by atoms with Crippen LogP contribution in [-0.2, 0) is 10.1 Å². The third kappa shape index (κ3) is 2.64. The Hall–Kier alpha value is -0.723. The Morgan fingerprint density at radius 1 is 1.27 bits per heavy atom. The van der Waals surface area contributed by atoms with Gasteiger partial charge in [-0.2, -0.15) is 8.42 Å². The third-order valence-corrected chi connectivity index (χ3v) is 5.09. The van der Waals surface area contributed by atoms with Crippen LogP contribution in [-0.4, -0.2) is 21.0 Å². The van der Waals surface area contributed by atoms with Crippen LogP contribution in [0.5, 0.6) is 0 Å². The molecule has 0 saturated carbocycles. The summed E-state index contributed by atoms with van der Waals surface area (Å²) in [6, 6.07) is 3.72. The monoisotopic (exact) mass is 248 g/mol. The maximum absolute atomic E-state index is 13.5. The number of halogens is 1. The predicted molar refractivity (Wildman–Crippen MR) is 59.2 cm³/mol. The first-order valence-corrected chi connectivity index (χ1v) is 9.34. The van der Waals surface area contributed by atoms with Gasteiger partial charge in [-0.15, -0.1) is 0 Å². The van der Waals surface area contributed by atoms with Crippen LogP contribution in [0.25, 0.3) is 0 Å². The van der Waals surface area contributed by atoms with Crippen molar-refractivity contribution in [1.82, 2.24) is 0 Å². The molecule has 1 aromatic rings. The summed E-state index contributed by atoms with van der Waals surface area (Å²) in [5, 5.41) is 0.146. The van der Waals surface area contributed by atoms with Crippen LogP contribution in [0.15, 0.2) is 23.1 Å². The van der Waals surface area contributed by atoms with Gasteiger partial charge < -0.3 is 0 Å². The van der Waals surface area contributed by atoms with Crippen LogP contribution >= 0.6 is 0 Å². The van der Waals surface area contributed by atoms with E-state index >= 15 is 0 Å². The fourth-order valence-electron chi connectivity index (χ4n) is 1.45. The third-order valence-electron chi connectivity index (χ3n) is 2.00. The lowest BCUT2D eigenvalue weighted by atomic mass is 10.3. The minimum atomic E-state index is -4.34. The first kappa shape index (κ1) is 12.3. The van der Waals surface area contributed by atoms with E-state index in [9.17, 15) is 12.8 Å². The molecular formula is C9H13FO3SSi. The number of hydrogen-bond donors (Lipinski definition) is 1. The van der Waals surface area contributed by atoms with Crippen molar-refractivity contribution in [2.45, 2.75) is 24.5 Å². The SMILES string of the molecule is C[Si](C)(C)c1c(F)cccc1S(=O)(=O)O. The van der Waals surface area contributed by atoms with E-state index < -0.39 is 24.0 Å². The Labute approximate surface area is 89.7 Å². The van der Waals surface area contributed by atoms with Crippen molar-refractivity contribution < 1.29 is 17.4 Å². The second kappa shape index (κ2) is 3.69. The van der Waals surface area contributed by atoms with E-state index in [2.05, 4.69) is 0 Å². The number of rotatable bonds is 2. The summed E-state index contributed by atoms with van der Waals surface area (Å²) >= 11 is 0. The molecule has 0 bridgehead atoms. The molecule has 84 valence electrons. The van der Waals surface area contributed by atoms with Crippen molar-refractivity contribution in [3.8, 4) is 0 Å². The zero-order chi connectivity index (χ0) is 11.9. The largest absolute Gasteiger partial charge is 0.294 e. The molecule has 0 fully saturated rings. The Morgan fingerprint density at radius 2 is 1.80 bits per heavy atom. The van der Waals surface area contributed by atoms with Crippen LogP contribution < -0.4 is 5.19 Å². The molecule has 0 saturated heterocycles. The van der Waals surface area contributed by atoms with E-state index in [4.69, 9.17) is 4.55 Å². The second-order valence-corrected chi connectivity index (χ2v) is 10.7. The standard InChI is InChI=1S/C9H13FO3SSi/c1-15(2,3)9-7(10)5-4-6-8(9)14(11,12)13/h4-6H,1-3H3,(H,11,12,13). The van der Waals surface area contributed by atoms with E-state index in [1.807, 2.05) is 19.6 Å². The lowest BCUT2D eigenvalue weighted by Crippen LogP contribution is -2.43. The number of benzene rings is 1. The highest BCUT2D eigenvalue weighted by atomic mass is 32.2. The van der Waals surface area contributed by atoms with Gasteiger partial charge >= 0.3 is 0 Å². The molecular weight excluding hydrogens is 235 g/mol. The molecule has 1 aromatic carbocycles. The van der Waals surface area contributed by atoms with E-state index in [1.54, 1.807) is 0 Å². The van der Waals surface area contributed by atoms with Crippen LogP contribution in [0, 0.1) is 5.82 Å². The van der Waals surface area contributed by atoms with E-state index in [-0.39, 0.29) is 10.1 Å². The topological polar surface area (TPSA) is 54.4 Å². The van der Waals surface area contributed by atoms with Crippen molar-refractivity contribution >= 4 is 23.4 Å². The van der Waals surface area contributed by atoms with Crippen molar-refractivity contribution in [3.63, 3.8) is 0 Å². The maximum Gasteiger partial charge on any atom is 0.294 e. The van der Waals surface area contributed by atoms with Crippen molar-refractivity contribution in [2.24, 2.45) is 0 Å². The molecule has 0 aliphatic carbocycles. The Morgan fingerprint density at radius 3 is 2.13 bits per heavy atom. The molecule has 0 aliphatic heterocycles. The average Bonchev–Trinajstić information content (AvgIpc) is 1.99. The Balaban J connectivity index is 3.63. The fraction of sp³-hybridized carbons (Fsp3) is 0.333. The molecule has 3 nitrogen and oxygen atoms in total. The average molecular weight is 248 g/mol. The predicted octanol–water partition coefficient (Wildman–Crippen LogP) is 1.62. The van der Waals surface area contributed by atoms with Gasteiger partial charge in [0.2, 0.25) is 0 Å². The highest BCUT2D eigenvalue weighted by molar-refractivity contribution is 7.86. The smallest absolute Gasteiger partial charge is 0.282 e. The summed E-state index contributed by atoms with van der Waals surface area (Å²) in [6.07, 6.45) is 0. The van der Waals surface area contributed by atoms with Gasteiger partial charge in [0.25, 0.3) is 10.1 Å². The minimum absolute atomic E-state index is 0.146. The first-order valence-electron chi connectivity index (χ1n) is 4.40. The Bertz CT molecular complexity index is 477. The van der Waals surface area contributed by atoms with E-state index in [0.29, 0.717) is 0 Å². The summed E-state index contributed by atoms with van der Waals surface area (Å²) in [5.41, 5.74) is 0. The van der Waals surface area contributed by atoms with Crippen LogP contribution in [0.1, 0.15) is 0 Å². The molecule has 0 atom stereocenters. The quantitative estimate of drug-likeness (QED) is 0.639. The van der Waals surface area contributed by atoms with Crippen molar-refractivity contribution in [1.29, 1.82) is 0 Å². The second-order valence-electron chi connectivity index (χ2n) is 4.34. The molecule has 0 spiro atoms. The molecule has 0 radical (unpaired) electrons. The summed E-state index contributed by atoms with van der Waals surface area (Å²) < 4.78 is 44.6. The van der Waals surface area contributed by atoms with Gasteiger partial charge in [0.1, 0.15) is 5.82 Å². The molecule has 6 heteroatoms. The molecule has 0 amide bonds. The summed E-state index contributed by atoms with van der Waals surface area (Å²) in [7, 11) is -6.49. The van der Waals surface area contributed by atoms with E-state index in [0.717, 1.165) is 0 Å². The van der Waals surface area contributed by atoms with Gasteiger partial charge in [-0.1, -0.05) is 25.7 Å². The summed E-state index contributed by atoms with van der Waals surface area (Å²) in [6.45, 7) is 5.46. The highest BCUT2D eigenvalue weighted by Gasteiger charge is 2.28. The van der Waals surface area contributed by atoms with Gasteiger partial charge in [-0.05, 0) is 17.3 Å². The van der Waals surface area contributed by atoms with Crippen molar-refractivity contribution in [2.75, 3.05) is 0 Å². The first-order chi connectivity index (χ1) is 6.64. The zero-order valence-corrected chi connectivity index (χ0v) is 10.6. The van der Waals surface area contributed by atoms with Gasteiger partial charge in [0.05, 0.1) is 13.0 Å². The van der Waals surface area contributed by atoms with E-state index in [1.165, 1.54) is 18.2 Å². The lowest BCUT2D eigenvalue weighted by molar-refractivity contribution is 0.483.